The molecule has 0 N–H and O–H groups in total. The third kappa shape index (κ3) is 3.09. The molecule has 3 rings (SSSR count). The molecule has 0 atom stereocenters. The van der Waals surface area contributed by atoms with Crippen LogP contribution in [-0.4, -0.2) is 5.78 Å². The number of thiophene rings is 1. The average Bonchev–Trinajstić information content (AvgIpc) is 3.00. The highest BCUT2D eigenvalue weighted by molar-refractivity contribution is 14.1. The normalized spacial score (nSPS) is 10.6. The molecule has 104 valence electrons. The molecule has 21 heavy (non-hydrogen) atoms. The zero-order valence-corrected chi connectivity index (χ0v) is 14.4. The Bertz CT molecular complexity index is 790. The zero-order valence-electron chi connectivity index (χ0n) is 11.5. The molecule has 0 amide bonds. The van der Waals surface area contributed by atoms with Gasteiger partial charge >= 0.3 is 0 Å². The van der Waals surface area contributed by atoms with Gasteiger partial charge in [-0.15, -0.1) is 11.3 Å². The van der Waals surface area contributed by atoms with Gasteiger partial charge in [0.2, 0.25) is 5.78 Å². The molecule has 0 saturated carbocycles. The Balaban J connectivity index is 1.96. The van der Waals surface area contributed by atoms with E-state index in [-0.39, 0.29) is 5.78 Å². The second kappa shape index (κ2) is 6.12. The summed E-state index contributed by atoms with van der Waals surface area (Å²) in [7, 11) is 0. The summed E-state index contributed by atoms with van der Waals surface area (Å²) in [4.78, 5) is 14.6. The van der Waals surface area contributed by atoms with E-state index in [9.17, 15) is 4.79 Å². The highest BCUT2D eigenvalue weighted by Crippen LogP contribution is 2.30. The summed E-state index contributed by atoms with van der Waals surface area (Å²) >= 11 is 3.79. The van der Waals surface area contributed by atoms with Crippen LogP contribution in [0.4, 0.5) is 0 Å². The average molecular weight is 404 g/mol. The molecule has 0 fully saturated rings. The van der Waals surface area contributed by atoms with Crippen molar-refractivity contribution in [1.82, 2.24) is 0 Å². The van der Waals surface area contributed by atoms with E-state index in [4.69, 9.17) is 0 Å². The number of ketones is 1. The van der Waals surface area contributed by atoms with E-state index in [0.29, 0.717) is 0 Å². The molecule has 0 radical (unpaired) electrons. The molecule has 2 aromatic carbocycles. The summed E-state index contributed by atoms with van der Waals surface area (Å²) in [5.74, 6) is 0.109. The van der Waals surface area contributed by atoms with Gasteiger partial charge in [-0.1, -0.05) is 36.4 Å². The summed E-state index contributed by atoms with van der Waals surface area (Å²) in [6.07, 6.45) is 0. The van der Waals surface area contributed by atoms with Crippen molar-refractivity contribution in [3.63, 3.8) is 0 Å². The van der Waals surface area contributed by atoms with Gasteiger partial charge in [0, 0.05) is 14.0 Å². The van der Waals surface area contributed by atoms with Gasteiger partial charge in [0.15, 0.2) is 0 Å². The van der Waals surface area contributed by atoms with Crippen molar-refractivity contribution in [2.75, 3.05) is 0 Å². The van der Waals surface area contributed by atoms with Gasteiger partial charge in [-0.05, 0) is 64.9 Å². The van der Waals surface area contributed by atoms with Crippen LogP contribution in [0.15, 0.2) is 60.7 Å². The maximum absolute atomic E-state index is 12.7. The molecular formula is C18H13IOS. The first-order chi connectivity index (χ1) is 10.1. The van der Waals surface area contributed by atoms with Crippen LogP contribution in [0.3, 0.4) is 0 Å². The number of carbonyl (C=O) groups excluding carboxylic acids is 1. The minimum Gasteiger partial charge on any atom is -0.288 e. The maximum atomic E-state index is 12.7. The molecule has 0 aliphatic heterocycles. The molecule has 0 unspecified atom stereocenters. The molecule has 3 heteroatoms. The molecule has 1 heterocycles. The van der Waals surface area contributed by atoms with E-state index in [0.717, 1.165) is 30.0 Å². The Morgan fingerprint density at radius 2 is 1.76 bits per heavy atom. The number of benzene rings is 2. The van der Waals surface area contributed by atoms with Gasteiger partial charge < -0.3 is 0 Å². The van der Waals surface area contributed by atoms with Crippen molar-refractivity contribution in [3.8, 4) is 10.4 Å². The van der Waals surface area contributed by atoms with Crippen LogP contribution in [0.2, 0.25) is 0 Å². The maximum Gasteiger partial charge on any atom is 0.203 e. The molecule has 1 nitrogen and oxygen atoms in total. The van der Waals surface area contributed by atoms with Gasteiger partial charge in [-0.3, -0.25) is 4.79 Å². The summed E-state index contributed by atoms with van der Waals surface area (Å²) in [6.45, 7) is 1.98. The van der Waals surface area contributed by atoms with E-state index in [1.165, 1.54) is 0 Å². The lowest BCUT2D eigenvalue weighted by molar-refractivity contribution is 0.104. The molecule has 0 bridgehead atoms. The van der Waals surface area contributed by atoms with Crippen LogP contribution >= 0.6 is 33.9 Å². The highest BCUT2D eigenvalue weighted by Gasteiger charge is 2.15. The standard InChI is InChI=1S/C18H13IOS/c1-12-7-8-14(19)11-15(12)18(20)17-10-9-16(21-17)13-5-3-2-4-6-13/h2-11H,1H3. The Kier molecular flexibility index (Phi) is 4.22. The predicted octanol–water partition coefficient (Wildman–Crippen LogP) is 5.56. The summed E-state index contributed by atoms with van der Waals surface area (Å²) in [5.41, 5.74) is 2.97. The first kappa shape index (κ1) is 14.5. The van der Waals surface area contributed by atoms with Crippen LogP contribution < -0.4 is 0 Å². The largest absolute Gasteiger partial charge is 0.288 e. The van der Waals surface area contributed by atoms with Crippen molar-refractivity contribution in [3.05, 3.63) is 80.2 Å². The van der Waals surface area contributed by atoms with Gasteiger partial charge in [0.1, 0.15) is 0 Å². The number of carbonyl (C=O) groups is 1. The fourth-order valence-corrected chi connectivity index (χ4v) is 3.65. The lowest BCUT2D eigenvalue weighted by Crippen LogP contribution is -2.01. The van der Waals surface area contributed by atoms with Gasteiger partial charge in [-0.25, -0.2) is 0 Å². The Morgan fingerprint density at radius 3 is 2.52 bits per heavy atom. The second-order valence-corrected chi connectivity index (χ2v) is 7.15. The lowest BCUT2D eigenvalue weighted by atomic mass is 10.0. The lowest BCUT2D eigenvalue weighted by Gasteiger charge is -2.04. The SMILES string of the molecule is Cc1ccc(I)cc1C(=O)c1ccc(-c2ccccc2)s1. The first-order valence-corrected chi connectivity index (χ1v) is 8.51. The molecule has 1 aromatic heterocycles. The van der Waals surface area contributed by atoms with Crippen molar-refractivity contribution >= 4 is 39.7 Å². The van der Waals surface area contributed by atoms with Crippen LogP contribution in [0.1, 0.15) is 20.8 Å². The Hall–Kier alpha value is -1.46. The molecule has 0 spiro atoms. The van der Waals surface area contributed by atoms with E-state index in [2.05, 4.69) is 34.7 Å². The number of rotatable bonds is 3. The topological polar surface area (TPSA) is 17.1 Å². The molecule has 0 aliphatic rings. The van der Waals surface area contributed by atoms with Crippen molar-refractivity contribution in [2.45, 2.75) is 6.92 Å². The molecular weight excluding hydrogens is 391 g/mol. The summed E-state index contributed by atoms with van der Waals surface area (Å²) in [6, 6.07) is 20.1. The van der Waals surface area contributed by atoms with Gasteiger partial charge in [0.25, 0.3) is 0 Å². The number of hydrogen-bond acceptors (Lipinski definition) is 2. The third-order valence-electron chi connectivity index (χ3n) is 3.33. The third-order valence-corrected chi connectivity index (χ3v) is 5.14. The van der Waals surface area contributed by atoms with Crippen LogP contribution in [0.5, 0.6) is 0 Å². The van der Waals surface area contributed by atoms with Crippen molar-refractivity contribution in [1.29, 1.82) is 0 Å². The number of aryl methyl sites for hydroxylation is 1. The molecule has 0 saturated heterocycles. The summed E-state index contributed by atoms with van der Waals surface area (Å²) < 4.78 is 1.08. The predicted molar refractivity (Wildman–Crippen MR) is 97.1 cm³/mol. The first-order valence-electron chi connectivity index (χ1n) is 6.61. The van der Waals surface area contributed by atoms with E-state index in [1.54, 1.807) is 11.3 Å². The fourth-order valence-electron chi connectivity index (χ4n) is 2.19. The highest BCUT2D eigenvalue weighted by atomic mass is 127. The monoisotopic (exact) mass is 404 g/mol. The summed E-state index contributed by atoms with van der Waals surface area (Å²) in [5, 5.41) is 0. The van der Waals surface area contributed by atoms with Crippen molar-refractivity contribution < 1.29 is 4.79 Å². The zero-order chi connectivity index (χ0) is 14.8. The van der Waals surface area contributed by atoms with Crippen LogP contribution in [0.25, 0.3) is 10.4 Å². The van der Waals surface area contributed by atoms with Crippen LogP contribution in [-0.2, 0) is 0 Å². The van der Waals surface area contributed by atoms with Gasteiger partial charge in [0.05, 0.1) is 4.88 Å². The van der Waals surface area contributed by atoms with E-state index in [1.807, 2.05) is 55.5 Å². The Labute approximate surface area is 141 Å². The van der Waals surface area contributed by atoms with E-state index >= 15 is 0 Å². The Morgan fingerprint density at radius 1 is 1.00 bits per heavy atom. The van der Waals surface area contributed by atoms with Crippen LogP contribution in [0, 0.1) is 10.5 Å². The minimum atomic E-state index is 0.109. The minimum absolute atomic E-state index is 0.109. The number of halogens is 1. The van der Waals surface area contributed by atoms with Crippen molar-refractivity contribution in [2.24, 2.45) is 0 Å². The molecule has 0 aliphatic carbocycles. The quantitative estimate of drug-likeness (QED) is 0.413. The van der Waals surface area contributed by atoms with E-state index < -0.39 is 0 Å². The number of hydrogen-bond donors (Lipinski definition) is 0. The fraction of sp³-hybridized carbons (Fsp3) is 0.0556. The van der Waals surface area contributed by atoms with Gasteiger partial charge in [-0.2, -0.15) is 0 Å². The molecule has 3 aromatic rings. The second-order valence-electron chi connectivity index (χ2n) is 4.82. The smallest absolute Gasteiger partial charge is 0.203 e.